The second kappa shape index (κ2) is 12.9. The van der Waals surface area contributed by atoms with Gasteiger partial charge in [0.05, 0.1) is 0 Å². The quantitative estimate of drug-likeness (QED) is 0.396. The second-order valence-corrected chi connectivity index (χ2v) is 9.46. The van der Waals surface area contributed by atoms with Crippen molar-refractivity contribution in [3.8, 4) is 0 Å². The molecule has 0 aliphatic carbocycles. The lowest BCUT2D eigenvalue weighted by molar-refractivity contribution is 0.182. The molecule has 0 aliphatic rings. The third kappa shape index (κ3) is 19.5. The topological polar surface area (TPSA) is 3.24 Å². The molecule has 0 radical (unpaired) electrons. The lowest BCUT2D eigenvalue weighted by Crippen LogP contribution is -2.22. The van der Waals surface area contributed by atoms with Crippen molar-refractivity contribution in [2.45, 2.75) is 100 Å². The fourth-order valence-corrected chi connectivity index (χ4v) is 2.46. The molecule has 0 spiro atoms. The van der Waals surface area contributed by atoms with Crippen LogP contribution in [0.15, 0.2) is 12.8 Å². The molecule has 0 aromatic carbocycles. The van der Waals surface area contributed by atoms with Crippen LogP contribution in [0.5, 0.6) is 0 Å². The summed E-state index contributed by atoms with van der Waals surface area (Å²) in [6.07, 6.45) is 11.4. The summed E-state index contributed by atoms with van der Waals surface area (Å²) in [4.78, 5) is 2.15. The highest BCUT2D eigenvalue weighted by atomic mass is 15.1. The monoisotopic (exact) mass is 325 g/mol. The predicted octanol–water partition coefficient (Wildman–Crippen LogP) is 7.53. The van der Waals surface area contributed by atoms with Crippen LogP contribution in [-0.2, 0) is 0 Å². The molecule has 0 saturated heterocycles. The Morgan fingerprint density at radius 1 is 0.913 bits per heavy atom. The van der Waals surface area contributed by atoms with Crippen molar-refractivity contribution in [2.24, 2.45) is 16.7 Å². The smallest absolute Gasteiger partial charge is 0.0169 e. The Hall–Kier alpha value is -0.460. The first-order valence-electron chi connectivity index (χ1n) is 9.76. The van der Waals surface area contributed by atoms with Gasteiger partial charge in [-0.3, -0.25) is 0 Å². The van der Waals surface area contributed by atoms with E-state index >= 15 is 0 Å². The van der Waals surface area contributed by atoms with E-state index in [-0.39, 0.29) is 0 Å². The zero-order valence-electron chi connectivity index (χ0n) is 18.0. The first-order valence-corrected chi connectivity index (χ1v) is 9.76. The summed E-state index contributed by atoms with van der Waals surface area (Å²) in [7, 11) is 2.08. The summed E-state index contributed by atoms with van der Waals surface area (Å²) in [5.74, 6) is 0.808. The Kier molecular flexibility index (Phi) is 13.9. The van der Waals surface area contributed by atoms with E-state index in [1.165, 1.54) is 44.9 Å². The largest absolute Gasteiger partial charge is 0.381 e. The third-order valence-corrected chi connectivity index (χ3v) is 4.57. The number of rotatable bonds is 9. The van der Waals surface area contributed by atoms with Crippen LogP contribution < -0.4 is 0 Å². The van der Waals surface area contributed by atoms with E-state index in [4.69, 9.17) is 0 Å². The van der Waals surface area contributed by atoms with Gasteiger partial charge in [0.1, 0.15) is 0 Å². The number of unbranched alkanes of at least 4 members (excludes halogenated alkanes) is 5. The van der Waals surface area contributed by atoms with Gasteiger partial charge in [0.15, 0.2) is 0 Å². The molecule has 0 saturated carbocycles. The predicted molar refractivity (Wildman–Crippen MR) is 109 cm³/mol. The van der Waals surface area contributed by atoms with Crippen molar-refractivity contribution in [1.82, 2.24) is 4.90 Å². The van der Waals surface area contributed by atoms with Crippen LogP contribution in [0.3, 0.4) is 0 Å². The van der Waals surface area contributed by atoms with Gasteiger partial charge < -0.3 is 4.90 Å². The normalized spacial score (nSPS) is 13.1. The summed E-state index contributed by atoms with van der Waals surface area (Å²) in [5, 5.41) is 0. The number of hydrogen-bond donors (Lipinski definition) is 0. The summed E-state index contributed by atoms with van der Waals surface area (Å²) in [6, 6.07) is 0. The van der Waals surface area contributed by atoms with E-state index in [1.807, 2.05) is 6.20 Å². The Morgan fingerprint density at radius 2 is 1.39 bits per heavy atom. The molecular weight excluding hydrogens is 278 g/mol. The Labute approximate surface area is 148 Å². The van der Waals surface area contributed by atoms with Gasteiger partial charge in [0, 0.05) is 13.6 Å². The van der Waals surface area contributed by atoms with E-state index in [0.29, 0.717) is 10.8 Å². The van der Waals surface area contributed by atoms with Gasteiger partial charge in [-0.25, -0.2) is 0 Å². The van der Waals surface area contributed by atoms with Gasteiger partial charge in [-0.2, -0.15) is 0 Å². The Balaban J connectivity index is 0. The fourth-order valence-electron chi connectivity index (χ4n) is 2.46. The van der Waals surface area contributed by atoms with Crippen molar-refractivity contribution in [3.05, 3.63) is 12.8 Å². The lowest BCUT2D eigenvalue weighted by atomic mass is 9.73. The van der Waals surface area contributed by atoms with E-state index in [1.54, 1.807) is 0 Å². The summed E-state index contributed by atoms with van der Waals surface area (Å²) in [5.41, 5.74) is 0.944. The highest BCUT2D eigenvalue weighted by Crippen LogP contribution is 2.35. The van der Waals surface area contributed by atoms with Crippen LogP contribution >= 0.6 is 0 Å². The molecule has 0 rings (SSSR count). The van der Waals surface area contributed by atoms with Crippen LogP contribution in [-0.4, -0.2) is 18.5 Å². The van der Waals surface area contributed by atoms with E-state index in [2.05, 4.69) is 73.9 Å². The van der Waals surface area contributed by atoms with Crippen molar-refractivity contribution in [2.75, 3.05) is 13.6 Å². The van der Waals surface area contributed by atoms with Gasteiger partial charge >= 0.3 is 0 Å². The maximum Gasteiger partial charge on any atom is 0.0169 e. The molecule has 140 valence electrons. The van der Waals surface area contributed by atoms with Crippen molar-refractivity contribution < 1.29 is 0 Å². The molecule has 0 bridgehead atoms. The molecule has 0 N–H and O–H groups in total. The first kappa shape index (κ1) is 24.8. The highest BCUT2D eigenvalue weighted by molar-refractivity contribution is 4.75. The van der Waals surface area contributed by atoms with Crippen molar-refractivity contribution in [1.29, 1.82) is 0 Å². The van der Waals surface area contributed by atoms with Gasteiger partial charge in [-0.05, 0) is 35.8 Å². The summed E-state index contributed by atoms with van der Waals surface area (Å²) in [6.45, 7) is 23.4. The van der Waals surface area contributed by atoms with Gasteiger partial charge in [-0.1, -0.05) is 94.1 Å². The molecule has 0 aromatic heterocycles. The van der Waals surface area contributed by atoms with E-state index in [0.717, 1.165) is 12.5 Å². The average molecular weight is 326 g/mol. The molecule has 1 nitrogen and oxygen atoms in total. The van der Waals surface area contributed by atoms with Crippen molar-refractivity contribution >= 4 is 0 Å². The van der Waals surface area contributed by atoms with Crippen LogP contribution in [0.4, 0.5) is 0 Å². The summed E-state index contributed by atoms with van der Waals surface area (Å²) < 4.78 is 0. The Morgan fingerprint density at radius 3 is 1.74 bits per heavy atom. The standard InChI is InChI=1S/C11H23N.C11H24/c1-4-6-7-8-9-10-11-12(3)5-2;1-9(11(5,6)7)8-10(2,3)4/h5H,2,4,6-11H2,1,3H3;9H,8H2,1-7H3. The van der Waals surface area contributed by atoms with Crippen LogP contribution in [0, 0.1) is 16.7 Å². The Bertz CT molecular complexity index is 267. The second-order valence-electron chi connectivity index (χ2n) is 9.46. The third-order valence-electron chi connectivity index (χ3n) is 4.57. The molecule has 23 heavy (non-hydrogen) atoms. The lowest BCUT2D eigenvalue weighted by Gasteiger charge is -2.32. The van der Waals surface area contributed by atoms with E-state index < -0.39 is 0 Å². The first-order chi connectivity index (χ1) is 10.4. The maximum atomic E-state index is 3.71. The minimum atomic E-state index is 0.466. The van der Waals surface area contributed by atoms with Crippen LogP contribution in [0.1, 0.15) is 100 Å². The molecular formula is C22H47N. The van der Waals surface area contributed by atoms with Crippen LogP contribution in [0.25, 0.3) is 0 Å². The molecule has 0 heterocycles. The molecule has 0 aromatic rings. The molecule has 0 aliphatic heterocycles. The van der Waals surface area contributed by atoms with Crippen molar-refractivity contribution in [3.63, 3.8) is 0 Å². The zero-order chi connectivity index (χ0) is 18.5. The minimum absolute atomic E-state index is 0.466. The molecule has 1 heteroatoms. The van der Waals surface area contributed by atoms with Gasteiger partial charge in [0.2, 0.25) is 0 Å². The maximum absolute atomic E-state index is 3.71. The average Bonchev–Trinajstić information content (AvgIpc) is 2.40. The SMILES string of the molecule is C=CN(C)CCCCCCCC.CC(CC(C)(C)C)C(C)(C)C. The molecule has 0 amide bonds. The zero-order valence-corrected chi connectivity index (χ0v) is 18.0. The van der Waals surface area contributed by atoms with Gasteiger partial charge in [-0.15, -0.1) is 0 Å². The van der Waals surface area contributed by atoms with Gasteiger partial charge in [0.25, 0.3) is 0 Å². The number of hydrogen-bond acceptors (Lipinski definition) is 1. The molecule has 0 fully saturated rings. The molecule has 1 atom stereocenters. The highest BCUT2D eigenvalue weighted by Gasteiger charge is 2.24. The minimum Gasteiger partial charge on any atom is -0.381 e. The van der Waals surface area contributed by atoms with Crippen LogP contribution in [0.2, 0.25) is 0 Å². The molecule has 1 unspecified atom stereocenters. The van der Waals surface area contributed by atoms with E-state index in [9.17, 15) is 0 Å². The fraction of sp³-hybridized carbons (Fsp3) is 0.909. The number of nitrogens with zero attached hydrogens (tertiary/aromatic N) is 1. The summed E-state index contributed by atoms with van der Waals surface area (Å²) >= 11 is 0.